The van der Waals surface area contributed by atoms with Gasteiger partial charge in [0.2, 0.25) is 5.69 Å². The Morgan fingerprint density at radius 2 is 1.49 bits per heavy atom. The second-order valence-electron chi connectivity index (χ2n) is 19.7. The third kappa shape index (κ3) is 11.7. The van der Waals surface area contributed by atoms with Crippen molar-refractivity contribution in [3.63, 3.8) is 0 Å². The van der Waals surface area contributed by atoms with E-state index < -0.39 is 52.7 Å². The van der Waals surface area contributed by atoms with E-state index in [9.17, 15) is 43.7 Å². The van der Waals surface area contributed by atoms with Crippen molar-refractivity contribution in [2.45, 2.75) is 99.8 Å². The largest absolute Gasteiger partial charge is 0.450 e. The zero-order valence-electron chi connectivity index (χ0n) is 41.2. The Balaban J connectivity index is 1.22. The summed E-state index contributed by atoms with van der Waals surface area (Å²) in [4.78, 5) is 17.0. The molecule has 1 aliphatic carbocycles. The van der Waals surface area contributed by atoms with Crippen molar-refractivity contribution in [3.8, 4) is 0 Å². The van der Waals surface area contributed by atoms with Crippen molar-refractivity contribution in [2.75, 3.05) is 49.2 Å². The molecule has 3 heterocycles. The van der Waals surface area contributed by atoms with E-state index >= 15 is 0 Å². The van der Waals surface area contributed by atoms with Gasteiger partial charge in [-0.25, -0.2) is 10.1 Å². The number of carbonyl (C=O) groups is 1. The normalized spacial score (nSPS) is 19.4. The summed E-state index contributed by atoms with van der Waals surface area (Å²) in [5, 5.41) is 19.7. The molecule has 0 aromatic heterocycles. The van der Waals surface area contributed by atoms with Crippen LogP contribution in [-0.4, -0.2) is 116 Å². The Bertz CT molecular complexity index is 3360. The molecular weight excluding hydrogens is 1020 g/mol. The molecule has 0 saturated carbocycles. The number of nitrogens with one attached hydrogen (secondary N) is 1. The first-order valence-corrected chi connectivity index (χ1v) is 29.4. The van der Waals surface area contributed by atoms with Crippen LogP contribution >= 0.6 is 12.0 Å². The van der Waals surface area contributed by atoms with Crippen LogP contribution in [0.2, 0.25) is 0 Å². The van der Waals surface area contributed by atoms with Gasteiger partial charge in [0.05, 0.1) is 40.5 Å². The Labute approximate surface area is 430 Å². The smallest absolute Gasteiger partial charge is 0.409 e. The summed E-state index contributed by atoms with van der Waals surface area (Å²) >= 11 is 0.857. The quantitative estimate of drug-likeness (QED) is 0.0205. The van der Waals surface area contributed by atoms with Gasteiger partial charge >= 0.3 is 6.09 Å². The molecule has 8 rings (SSSR count). The van der Waals surface area contributed by atoms with E-state index in [1.54, 1.807) is 24.0 Å². The second kappa shape index (κ2) is 21.2. The molecular formula is C51H61N4O14S4+. The molecule has 0 radical (unpaired) electrons. The second-order valence-corrected chi connectivity index (χ2v) is 25.0. The summed E-state index contributed by atoms with van der Waals surface area (Å²) < 4.78 is 113. The van der Waals surface area contributed by atoms with Gasteiger partial charge in [0.15, 0.2) is 5.71 Å². The number of nitrogens with zero attached hydrogens (tertiary/aromatic N) is 3. The van der Waals surface area contributed by atoms with Gasteiger partial charge in [-0.3, -0.25) is 13.7 Å². The van der Waals surface area contributed by atoms with E-state index in [0.717, 1.165) is 79.0 Å². The number of anilines is 1. The predicted octanol–water partition coefficient (Wildman–Crippen LogP) is 9.02. The van der Waals surface area contributed by atoms with Crippen LogP contribution in [0.5, 0.6) is 0 Å². The van der Waals surface area contributed by atoms with Gasteiger partial charge in [-0.2, -0.15) is 29.8 Å². The van der Waals surface area contributed by atoms with Crippen molar-refractivity contribution in [2.24, 2.45) is 0 Å². The Kier molecular flexibility index (Phi) is 15.7. The molecule has 4 aliphatic rings. The number of piperidine rings is 1. The van der Waals surface area contributed by atoms with Gasteiger partial charge in [-0.05, 0) is 134 Å². The van der Waals surface area contributed by atoms with Gasteiger partial charge in [0.1, 0.15) is 6.54 Å². The molecule has 73 heavy (non-hydrogen) atoms. The van der Waals surface area contributed by atoms with Crippen molar-refractivity contribution in [3.05, 3.63) is 119 Å². The fraction of sp³-hybridized carbons (Fsp3) is 0.412. The number of rotatable bonds is 18. The van der Waals surface area contributed by atoms with E-state index in [1.165, 1.54) is 12.1 Å². The fourth-order valence-corrected chi connectivity index (χ4v) is 12.8. The first-order chi connectivity index (χ1) is 34.4. The molecule has 1 amide bonds. The predicted molar refractivity (Wildman–Crippen MR) is 280 cm³/mol. The van der Waals surface area contributed by atoms with E-state index in [1.807, 2.05) is 60.9 Å². The van der Waals surface area contributed by atoms with Gasteiger partial charge < -0.3 is 19.9 Å². The van der Waals surface area contributed by atoms with Crippen LogP contribution in [-0.2, 0) is 55.3 Å². The summed E-state index contributed by atoms with van der Waals surface area (Å²) in [6.07, 6.45) is 10.9. The van der Waals surface area contributed by atoms with Crippen molar-refractivity contribution < 1.29 is 67.6 Å². The standard InChI is InChI=1S/C51H60N4O14S4/c1-6-67-49(56)53-27-23-37(24-28-53)52-48-33(13-21-44-50(2,3)46-40-17-15-38(70-69-68-57)31-35(40)11-19-42(46)54(44)25-7-29-71(58,59)60)9-10-34(48)14-22-45-51(4,5)47-41-18-16-39(73(64,65)66)32-36(41)12-20-43(47)55(45)26-8-30-72(61,62)63/h11-22,31-32,37H,6-10,23-30H2,1-5H3,(H4,57,58,59,60,61,62,63,64,65,66)/p+1/b33-13+,44-21+. The van der Waals surface area contributed by atoms with Crippen LogP contribution in [0, 0.1) is 0 Å². The van der Waals surface area contributed by atoms with E-state index in [4.69, 9.17) is 9.99 Å². The van der Waals surface area contributed by atoms with Crippen LogP contribution < -0.4 is 10.2 Å². The van der Waals surface area contributed by atoms with Crippen LogP contribution in [0.3, 0.4) is 0 Å². The Morgan fingerprint density at radius 3 is 2.18 bits per heavy atom. The molecule has 1 saturated heterocycles. The van der Waals surface area contributed by atoms with E-state index in [2.05, 4.69) is 51.7 Å². The lowest BCUT2D eigenvalue weighted by Gasteiger charge is -2.33. The average Bonchev–Trinajstić information content (AvgIpc) is 3.88. The van der Waals surface area contributed by atoms with Crippen molar-refractivity contribution >= 4 is 87.1 Å². The molecule has 1 fully saturated rings. The average molecular weight is 1080 g/mol. The molecule has 5 N–H and O–H groups in total. The van der Waals surface area contributed by atoms with Gasteiger partial charge in [0, 0.05) is 77.2 Å². The van der Waals surface area contributed by atoms with Gasteiger partial charge in [-0.15, -0.1) is 4.33 Å². The molecule has 0 bridgehead atoms. The number of carbonyl (C=O) groups excluding carboxylic acids is 1. The number of ether oxygens (including phenoxy) is 1. The van der Waals surface area contributed by atoms with Gasteiger partial charge in [-0.1, -0.05) is 49.2 Å². The molecule has 3 aliphatic heterocycles. The van der Waals surface area contributed by atoms with Crippen LogP contribution in [0.4, 0.5) is 16.2 Å². The van der Waals surface area contributed by atoms with Gasteiger partial charge in [0.25, 0.3) is 30.4 Å². The van der Waals surface area contributed by atoms with E-state index in [-0.39, 0.29) is 43.0 Å². The first-order valence-electron chi connectivity index (χ1n) is 24.0. The van der Waals surface area contributed by atoms with Crippen LogP contribution in [0.25, 0.3) is 21.5 Å². The first kappa shape index (κ1) is 54.1. The summed E-state index contributed by atoms with van der Waals surface area (Å²) in [7, 11) is -13.0. The molecule has 18 nitrogen and oxygen atoms in total. The maximum absolute atomic E-state index is 12.7. The monoisotopic (exact) mass is 1080 g/mol. The number of allylic oxidation sites excluding steroid dienone is 7. The number of amides is 1. The topological polar surface area (TPSA) is 250 Å². The van der Waals surface area contributed by atoms with E-state index in [0.29, 0.717) is 55.6 Å². The third-order valence-electron chi connectivity index (χ3n) is 14.2. The third-order valence-corrected chi connectivity index (χ3v) is 17.3. The highest BCUT2D eigenvalue weighted by molar-refractivity contribution is 7.94. The molecule has 0 atom stereocenters. The zero-order chi connectivity index (χ0) is 52.7. The molecule has 4 aromatic rings. The fourth-order valence-electron chi connectivity index (χ4n) is 10.9. The SMILES string of the molecule is CCOC(=O)N1CCC(NC2=C(/C=C/C3=[N+](CCCS(=O)(=O)O)c4ccc5cc(S(=O)(=O)O)ccc5c4C3(C)C)CC/C2=C\C=C2\N(CCCS(=O)(=O)O)c3ccc4cc(SOOO)ccc4c3C2(C)C)CC1. The molecule has 22 heteroatoms. The minimum atomic E-state index is -4.48. The maximum atomic E-state index is 12.7. The number of benzene rings is 4. The Morgan fingerprint density at radius 1 is 0.822 bits per heavy atom. The lowest BCUT2D eigenvalue weighted by atomic mass is 9.79. The summed E-state index contributed by atoms with van der Waals surface area (Å²) in [6.45, 7) is 11.9. The molecule has 0 spiro atoms. The minimum absolute atomic E-state index is 0.00171. The number of likely N-dealkylation sites (tertiary alicyclic amines) is 1. The lowest BCUT2D eigenvalue weighted by molar-refractivity contribution is -0.437. The Hall–Kier alpha value is -5.14. The van der Waals surface area contributed by atoms with Crippen molar-refractivity contribution in [1.29, 1.82) is 0 Å². The minimum Gasteiger partial charge on any atom is -0.450 e. The highest BCUT2D eigenvalue weighted by Gasteiger charge is 2.46. The maximum Gasteiger partial charge on any atom is 0.409 e. The number of hydrogen-bond acceptors (Lipinski definition) is 14. The van der Waals surface area contributed by atoms with Crippen LogP contribution in [0.1, 0.15) is 84.3 Å². The number of hydrogen-bond donors (Lipinski definition) is 5. The molecule has 0 unspecified atom stereocenters. The summed E-state index contributed by atoms with van der Waals surface area (Å²) in [5.74, 6) is -0.869. The molecule has 4 aromatic carbocycles. The summed E-state index contributed by atoms with van der Waals surface area (Å²) in [5.41, 5.74) is 7.02. The lowest BCUT2D eigenvalue weighted by Crippen LogP contribution is -2.45. The summed E-state index contributed by atoms with van der Waals surface area (Å²) in [6, 6.07) is 17.8. The molecule has 392 valence electrons. The number of fused-ring (bicyclic) bond motifs is 6. The zero-order valence-corrected chi connectivity index (χ0v) is 44.5. The van der Waals surface area contributed by atoms with Crippen molar-refractivity contribution in [1.82, 2.24) is 10.2 Å². The van der Waals surface area contributed by atoms with Crippen LogP contribution in [0.15, 0.2) is 117 Å². The highest BCUT2D eigenvalue weighted by Crippen LogP contribution is 2.52. The highest BCUT2D eigenvalue weighted by atomic mass is 32.2.